The SMILES string of the molecule is CN(CC(=O)O)c1nc2ccccc2o1. The largest absolute Gasteiger partial charge is 0.480 e. The third-order valence-electron chi connectivity index (χ3n) is 1.98. The minimum atomic E-state index is -0.917. The van der Waals surface area contributed by atoms with Crippen molar-refractivity contribution in [1.29, 1.82) is 0 Å². The molecule has 2 rings (SSSR count). The zero-order valence-corrected chi connectivity index (χ0v) is 8.17. The van der Waals surface area contributed by atoms with Crippen LogP contribution in [0.25, 0.3) is 11.1 Å². The standard InChI is InChI=1S/C10H10N2O3/c1-12(6-9(13)14)10-11-7-4-2-3-5-8(7)15-10/h2-5H,6H2,1H3,(H,13,14). The Morgan fingerprint density at radius 1 is 1.53 bits per heavy atom. The number of benzene rings is 1. The summed E-state index contributed by atoms with van der Waals surface area (Å²) in [5.41, 5.74) is 1.38. The first kappa shape index (κ1) is 9.51. The second kappa shape index (κ2) is 3.61. The molecule has 5 nitrogen and oxygen atoms in total. The van der Waals surface area contributed by atoms with E-state index < -0.39 is 5.97 Å². The highest BCUT2D eigenvalue weighted by atomic mass is 16.4. The van der Waals surface area contributed by atoms with Crippen molar-refractivity contribution in [3.8, 4) is 0 Å². The first-order valence-corrected chi connectivity index (χ1v) is 4.45. The van der Waals surface area contributed by atoms with Crippen molar-refractivity contribution in [1.82, 2.24) is 4.98 Å². The highest BCUT2D eigenvalue weighted by Crippen LogP contribution is 2.20. The molecule has 2 aromatic rings. The molecule has 1 heterocycles. The lowest BCUT2D eigenvalue weighted by Gasteiger charge is -2.09. The maximum atomic E-state index is 10.5. The summed E-state index contributed by atoms with van der Waals surface area (Å²) in [6, 6.07) is 7.62. The van der Waals surface area contributed by atoms with Gasteiger partial charge in [0.15, 0.2) is 5.58 Å². The van der Waals surface area contributed by atoms with Gasteiger partial charge in [0.05, 0.1) is 0 Å². The molecule has 0 unspecified atom stereocenters. The fourth-order valence-electron chi connectivity index (χ4n) is 1.29. The average Bonchev–Trinajstić information content (AvgIpc) is 2.59. The summed E-state index contributed by atoms with van der Waals surface area (Å²) in [5, 5.41) is 8.61. The summed E-state index contributed by atoms with van der Waals surface area (Å²) in [7, 11) is 1.62. The Morgan fingerprint density at radius 3 is 2.93 bits per heavy atom. The van der Waals surface area contributed by atoms with E-state index in [-0.39, 0.29) is 6.54 Å². The molecule has 1 aromatic carbocycles. The summed E-state index contributed by atoms with van der Waals surface area (Å²) < 4.78 is 5.38. The number of likely N-dealkylation sites (N-methyl/N-ethyl adjacent to an activating group) is 1. The summed E-state index contributed by atoms with van der Waals surface area (Å²) >= 11 is 0. The van der Waals surface area contributed by atoms with Gasteiger partial charge in [-0.3, -0.25) is 4.79 Å². The Labute approximate surface area is 85.9 Å². The van der Waals surface area contributed by atoms with Gasteiger partial charge in [0, 0.05) is 7.05 Å². The predicted molar refractivity (Wildman–Crippen MR) is 54.9 cm³/mol. The monoisotopic (exact) mass is 206 g/mol. The molecule has 1 N–H and O–H groups in total. The fraction of sp³-hybridized carbons (Fsp3) is 0.200. The van der Waals surface area contributed by atoms with E-state index in [1.54, 1.807) is 13.1 Å². The fourth-order valence-corrected chi connectivity index (χ4v) is 1.29. The molecule has 0 atom stereocenters. The second-order valence-electron chi connectivity index (χ2n) is 3.21. The molecule has 0 aliphatic heterocycles. The molecule has 1 aromatic heterocycles. The normalized spacial score (nSPS) is 10.5. The van der Waals surface area contributed by atoms with Crippen LogP contribution in [0.1, 0.15) is 0 Å². The smallest absolute Gasteiger partial charge is 0.323 e. The molecule has 0 radical (unpaired) electrons. The van der Waals surface area contributed by atoms with Gasteiger partial charge in [-0.15, -0.1) is 0 Å². The molecule has 0 spiro atoms. The molecule has 15 heavy (non-hydrogen) atoms. The Balaban J connectivity index is 2.32. The predicted octanol–water partition coefficient (Wildman–Crippen LogP) is 1.35. The van der Waals surface area contributed by atoms with Gasteiger partial charge in [0.2, 0.25) is 0 Å². The number of anilines is 1. The number of aromatic nitrogens is 1. The number of hydrogen-bond acceptors (Lipinski definition) is 4. The minimum Gasteiger partial charge on any atom is -0.480 e. The number of oxazole rings is 1. The molecule has 0 fully saturated rings. The third kappa shape index (κ3) is 1.90. The van der Waals surface area contributed by atoms with E-state index in [0.29, 0.717) is 11.6 Å². The Bertz CT molecular complexity index is 459. The van der Waals surface area contributed by atoms with Gasteiger partial charge < -0.3 is 14.4 Å². The number of hydrogen-bond donors (Lipinski definition) is 1. The molecule has 0 aliphatic carbocycles. The number of carbonyl (C=O) groups is 1. The van der Waals surface area contributed by atoms with Crippen molar-refractivity contribution in [3.05, 3.63) is 24.3 Å². The van der Waals surface area contributed by atoms with Crippen LogP contribution in [0.4, 0.5) is 6.01 Å². The maximum Gasteiger partial charge on any atom is 0.323 e. The highest BCUT2D eigenvalue weighted by molar-refractivity contribution is 5.76. The number of para-hydroxylation sites is 2. The van der Waals surface area contributed by atoms with Gasteiger partial charge >= 0.3 is 5.97 Å². The first-order chi connectivity index (χ1) is 7.16. The molecular weight excluding hydrogens is 196 g/mol. The van der Waals surface area contributed by atoms with Crippen LogP contribution in [0.5, 0.6) is 0 Å². The number of aliphatic carboxylic acids is 1. The van der Waals surface area contributed by atoms with E-state index in [1.807, 2.05) is 18.2 Å². The van der Waals surface area contributed by atoms with Crippen molar-refractivity contribution in [3.63, 3.8) is 0 Å². The molecule has 78 valence electrons. The number of nitrogens with zero attached hydrogens (tertiary/aromatic N) is 2. The van der Waals surface area contributed by atoms with Gasteiger partial charge in [-0.1, -0.05) is 12.1 Å². The Kier molecular flexibility index (Phi) is 2.29. The van der Waals surface area contributed by atoms with Crippen LogP contribution in [0, 0.1) is 0 Å². The van der Waals surface area contributed by atoms with Crippen molar-refractivity contribution in [2.24, 2.45) is 0 Å². The van der Waals surface area contributed by atoms with Crippen LogP contribution < -0.4 is 4.90 Å². The number of carboxylic acids is 1. The lowest BCUT2D eigenvalue weighted by Crippen LogP contribution is -2.25. The van der Waals surface area contributed by atoms with Gasteiger partial charge in [0.1, 0.15) is 12.1 Å². The maximum absolute atomic E-state index is 10.5. The van der Waals surface area contributed by atoms with Crippen LogP contribution in [0.2, 0.25) is 0 Å². The Hall–Kier alpha value is -2.04. The van der Waals surface area contributed by atoms with Crippen molar-refractivity contribution >= 4 is 23.1 Å². The van der Waals surface area contributed by atoms with Crippen LogP contribution in [-0.2, 0) is 4.79 Å². The first-order valence-electron chi connectivity index (χ1n) is 4.45. The van der Waals surface area contributed by atoms with Crippen LogP contribution in [0.3, 0.4) is 0 Å². The lowest BCUT2D eigenvalue weighted by atomic mass is 10.3. The molecule has 0 aliphatic rings. The summed E-state index contributed by atoms with van der Waals surface area (Å²) in [4.78, 5) is 16.1. The topological polar surface area (TPSA) is 66.6 Å². The van der Waals surface area contributed by atoms with Gasteiger partial charge in [-0.25, -0.2) is 0 Å². The van der Waals surface area contributed by atoms with Gasteiger partial charge in [-0.2, -0.15) is 4.98 Å². The summed E-state index contributed by atoms with van der Waals surface area (Å²) in [6.45, 7) is -0.132. The van der Waals surface area contributed by atoms with E-state index in [1.165, 1.54) is 4.90 Å². The number of fused-ring (bicyclic) bond motifs is 1. The quantitative estimate of drug-likeness (QED) is 0.821. The van der Waals surface area contributed by atoms with Crippen molar-refractivity contribution < 1.29 is 14.3 Å². The van der Waals surface area contributed by atoms with E-state index >= 15 is 0 Å². The molecular formula is C10H10N2O3. The van der Waals surface area contributed by atoms with Gasteiger partial charge in [-0.05, 0) is 12.1 Å². The molecule has 0 amide bonds. The van der Waals surface area contributed by atoms with Crippen molar-refractivity contribution in [2.45, 2.75) is 0 Å². The van der Waals surface area contributed by atoms with Crippen molar-refractivity contribution in [2.75, 3.05) is 18.5 Å². The van der Waals surface area contributed by atoms with Gasteiger partial charge in [0.25, 0.3) is 6.01 Å². The molecule has 0 bridgehead atoms. The van der Waals surface area contributed by atoms with E-state index in [0.717, 1.165) is 5.52 Å². The zero-order valence-electron chi connectivity index (χ0n) is 8.17. The number of rotatable bonds is 3. The van der Waals surface area contributed by atoms with Crippen LogP contribution >= 0.6 is 0 Å². The minimum absolute atomic E-state index is 0.132. The highest BCUT2D eigenvalue weighted by Gasteiger charge is 2.12. The summed E-state index contributed by atoms with van der Waals surface area (Å²) in [6.07, 6.45) is 0. The summed E-state index contributed by atoms with van der Waals surface area (Å²) in [5.74, 6) is -0.917. The Morgan fingerprint density at radius 2 is 2.27 bits per heavy atom. The second-order valence-corrected chi connectivity index (χ2v) is 3.21. The molecule has 0 saturated carbocycles. The number of carboxylic acid groups (broad SMARTS) is 1. The molecule has 5 heteroatoms. The third-order valence-corrected chi connectivity index (χ3v) is 1.98. The van der Waals surface area contributed by atoms with Crippen LogP contribution in [0.15, 0.2) is 28.7 Å². The zero-order chi connectivity index (χ0) is 10.8. The lowest BCUT2D eigenvalue weighted by molar-refractivity contribution is -0.135. The van der Waals surface area contributed by atoms with Crippen LogP contribution in [-0.4, -0.2) is 29.7 Å². The molecule has 0 saturated heterocycles. The van der Waals surface area contributed by atoms with E-state index in [2.05, 4.69) is 4.98 Å². The van der Waals surface area contributed by atoms with E-state index in [9.17, 15) is 4.79 Å². The average molecular weight is 206 g/mol. The van der Waals surface area contributed by atoms with E-state index in [4.69, 9.17) is 9.52 Å².